The third-order valence-corrected chi connectivity index (χ3v) is 3.19. The Bertz CT molecular complexity index is 273. The van der Waals surface area contributed by atoms with Crippen molar-refractivity contribution in [3.8, 4) is 0 Å². The van der Waals surface area contributed by atoms with Crippen molar-refractivity contribution in [2.24, 2.45) is 5.41 Å². The fourth-order valence-electron chi connectivity index (χ4n) is 2.33. The van der Waals surface area contributed by atoms with Crippen LogP contribution >= 0.6 is 0 Å². The van der Waals surface area contributed by atoms with E-state index in [-0.39, 0.29) is 18.5 Å². The normalized spacial score (nSPS) is 25.1. The van der Waals surface area contributed by atoms with Crippen LogP contribution in [0, 0.1) is 5.41 Å². The molecule has 2 rings (SSSR count). The molecule has 86 valence electrons. The van der Waals surface area contributed by atoms with Gasteiger partial charge in [0.2, 0.25) is 0 Å². The molecule has 0 aromatic heterocycles. The summed E-state index contributed by atoms with van der Waals surface area (Å²) in [4.78, 5) is 12.0. The van der Waals surface area contributed by atoms with Crippen LogP contribution < -0.4 is 5.32 Å². The number of hydrogen-bond donors (Lipinski definition) is 1. The van der Waals surface area contributed by atoms with Gasteiger partial charge in [-0.2, -0.15) is 13.2 Å². The lowest BCUT2D eigenvalue weighted by atomic mass is 9.75. The first-order chi connectivity index (χ1) is 6.93. The van der Waals surface area contributed by atoms with Crippen LogP contribution in [0.1, 0.15) is 12.8 Å². The lowest BCUT2D eigenvalue weighted by Gasteiger charge is -2.49. The Kier molecular flexibility index (Phi) is 2.41. The van der Waals surface area contributed by atoms with Crippen LogP contribution in [0.3, 0.4) is 0 Å². The van der Waals surface area contributed by atoms with Gasteiger partial charge in [-0.05, 0) is 12.8 Å². The number of carbonyl (C=O) groups is 1. The number of rotatable bonds is 0. The largest absolute Gasteiger partial charge is 0.471 e. The van der Waals surface area contributed by atoms with Gasteiger partial charge in [-0.25, -0.2) is 0 Å². The van der Waals surface area contributed by atoms with Crippen LogP contribution in [-0.2, 0) is 4.79 Å². The van der Waals surface area contributed by atoms with Crippen LogP contribution in [-0.4, -0.2) is 43.2 Å². The van der Waals surface area contributed by atoms with Gasteiger partial charge >= 0.3 is 12.1 Å². The summed E-state index contributed by atoms with van der Waals surface area (Å²) in [5, 5.41) is 3.05. The van der Waals surface area contributed by atoms with Crippen molar-refractivity contribution in [2.45, 2.75) is 19.0 Å². The smallest absolute Gasteiger partial charge is 0.334 e. The molecule has 6 heteroatoms. The maximum Gasteiger partial charge on any atom is 0.471 e. The van der Waals surface area contributed by atoms with Crippen molar-refractivity contribution < 1.29 is 18.0 Å². The number of halogens is 3. The van der Waals surface area contributed by atoms with Gasteiger partial charge in [0.1, 0.15) is 0 Å². The second-order valence-electron chi connectivity index (χ2n) is 4.43. The molecule has 2 saturated heterocycles. The average molecular weight is 222 g/mol. The summed E-state index contributed by atoms with van der Waals surface area (Å²) in [5.74, 6) is -1.69. The number of hydrogen-bond acceptors (Lipinski definition) is 2. The Hall–Kier alpha value is -0.780. The van der Waals surface area contributed by atoms with Crippen LogP contribution in [0.15, 0.2) is 0 Å². The van der Waals surface area contributed by atoms with Gasteiger partial charge in [0.05, 0.1) is 0 Å². The maximum absolute atomic E-state index is 12.2. The van der Waals surface area contributed by atoms with E-state index in [1.54, 1.807) is 0 Å². The first-order valence-corrected chi connectivity index (χ1v) is 5.00. The topological polar surface area (TPSA) is 32.3 Å². The first-order valence-electron chi connectivity index (χ1n) is 5.00. The summed E-state index contributed by atoms with van der Waals surface area (Å²) in [6, 6.07) is 0. The molecule has 0 atom stereocenters. The Morgan fingerprint density at radius 2 is 2.00 bits per heavy atom. The minimum absolute atomic E-state index is 0.0842. The monoisotopic (exact) mass is 222 g/mol. The van der Waals surface area contributed by atoms with Gasteiger partial charge in [0, 0.05) is 31.6 Å². The summed E-state index contributed by atoms with van der Waals surface area (Å²) >= 11 is 0. The van der Waals surface area contributed by atoms with E-state index in [0.717, 1.165) is 24.4 Å². The number of amides is 1. The van der Waals surface area contributed by atoms with Gasteiger partial charge in [-0.3, -0.25) is 4.79 Å². The lowest BCUT2D eigenvalue weighted by Crippen LogP contribution is -2.62. The molecule has 2 heterocycles. The van der Waals surface area contributed by atoms with Gasteiger partial charge in [-0.1, -0.05) is 0 Å². The van der Waals surface area contributed by atoms with E-state index in [0.29, 0.717) is 6.42 Å². The van der Waals surface area contributed by atoms with E-state index >= 15 is 0 Å². The average Bonchev–Trinajstić information content (AvgIpc) is 2.13. The summed E-state index contributed by atoms with van der Waals surface area (Å²) in [6.45, 7) is 1.95. The van der Waals surface area contributed by atoms with E-state index < -0.39 is 12.1 Å². The Balaban J connectivity index is 2.01. The van der Waals surface area contributed by atoms with Gasteiger partial charge < -0.3 is 10.2 Å². The predicted octanol–water partition coefficient (Wildman–Crippen LogP) is 0.761. The molecule has 1 amide bonds. The molecule has 1 spiro atoms. The van der Waals surface area contributed by atoms with Crippen LogP contribution in [0.2, 0.25) is 0 Å². The van der Waals surface area contributed by atoms with Gasteiger partial charge in [0.15, 0.2) is 0 Å². The van der Waals surface area contributed by atoms with E-state index in [4.69, 9.17) is 0 Å². The molecule has 0 radical (unpaired) electrons. The molecule has 0 unspecified atom stereocenters. The number of nitrogens with zero attached hydrogens (tertiary/aromatic N) is 1. The predicted molar refractivity (Wildman–Crippen MR) is 47.2 cm³/mol. The van der Waals surface area contributed by atoms with Crippen molar-refractivity contribution in [3.05, 3.63) is 0 Å². The van der Waals surface area contributed by atoms with Crippen molar-refractivity contribution >= 4 is 5.91 Å². The minimum atomic E-state index is -4.73. The highest BCUT2D eigenvalue weighted by atomic mass is 19.4. The highest BCUT2D eigenvalue weighted by Gasteiger charge is 2.48. The molecule has 2 aliphatic rings. The number of carbonyl (C=O) groups excluding carboxylic acids is 1. The molecule has 15 heavy (non-hydrogen) atoms. The van der Waals surface area contributed by atoms with E-state index in [2.05, 4.69) is 5.32 Å². The molecule has 2 fully saturated rings. The number of alkyl halides is 3. The van der Waals surface area contributed by atoms with Crippen molar-refractivity contribution in [1.29, 1.82) is 0 Å². The maximum atomic E-state index is 12.2. The molecule has 2 aliphatic heterocycles. The fraction of sp³-hybridized carbons (Fsp3) is 0.889. The minimum Gasteiger partial charge on any atom is -0.334 e. The third-order valence-electron chi connectivity index (χ3n) is 3.19. The Morgan fingerprint density at radius 3 is 2.47 bits per heavy atom. The molecule has 1 N–H and O–H groups in total. The van der Waals surface area contributed by atoms with Gasteiger partial charge in [-0.15, -0.1) is 0 Å². The standard InChI is InChI=1S/C9H13F3N2O/c10-9(11,12)7(15)14-3-1-2-8(6-14)4-13-5-8/h13H,1-6H2. The first kappa shape index (κ1) is 10.7. The Labute approximate surface area is 85.6 Å². The number of likely N-dealkylation sites (tertiary alicyclic amines) is 1. The fourth-order valence-corrected chi connectivity index (χ4v) is 2.33. The van der Waals surface area contributed by atoms with E-state index in [9.17, 15) is 18.0 Å². The SMILES string of the molecule is O=C(N1CCCC2(CNC2)C1)C(F)(F)F. The molecule has 3 nitrogen and oxygen atoms in total. The zero-order chi connectivity index (χ0) is 11.1. The molecule has 0 bridgehead atoms. The molecule has 0 aromatic carbocycles. The molecule has 0 aromatic rings. The number of piperidine rings is 1. The number of nitrogens with one attached hydrogen (secondary N) is 1. The van der Waals surface area contributed by atoms with Crippen LogP contribution in [0.5, 0.6) is 0 Å². The second-order valence-corrected chi connectivity index (χ2v) is 4.43. The molecule has 0 saturated carbocycles. The zero-order valence-electron chi connectivity index (χ0n) is 8.23. The molecular formula is C9H13F3N2O. The van der Waals surface area contributed by atoms with Crippen LogP contribution in [0.25, 0.3) is 0 Å². The van der Waals surface area contributed by atoms with Crippen LogP contribution in [0.4, 0.5) is 13.2 Å². The van der Waals surface area contributed by atoms with E-state index in [1.165, 1.54) is 0 Å². The summed E-state index contributed by atoms with van der Waals surface area (Å²) in [6.07, 6.45) is -3.14. The van der Waals surface area contributed by atoms with Gasteiger partial charge in [0.25, 0.3) is 0 Å². The molecular weight excluding hydrogens is 209 g/mol. The quantitative estimate of drug-likeness (QED) is 0.656. The second kappa shape index (κ2) is 3.37. The summed E-state index contributed by atoms with van der Waals surface area (Å²) < 4.78 is 36.6. The third kappa shape index (κ3) is 1.95. The Morgan fingerprint density at radius 1 is 1.33 bits per heavy atom. The summed E-state index contributed by atoms with van der Waals surface area (Å²) in [5.41, 5.74) is -0.0842. The zero-order valence-corrected chi connectivity index (χ0v) is 8.23. The highest BCUT2D eigenvalue weighted by molar-refractivity contribution is 5.82. The highest BCUT2D eigenvalue weighted by Crippen LogP contribution is 2.34. The molecule has 0 aliphatic carbocycles. The summed E-state index contributed by atoms with van der Waals surface area (Å²) in [7, 11) is 0. The van der Waals surface area contributed by atoms with Crippen molar-refractivity contribution in [3.63, 3.8) is 0 Å². The van der Waals surface area contributed by atoms with Crippen molar-refractivity contribution in [2.75, 3.05) is 26.2 Å². The lowest BCUT2D eigenvalue weighted by molar-refractivity contribution is -0.189. The van der Waals surface area contributed by atoms with Crippen molar-refractivity contribution in [1.82, 2.24) is 10.2 Å². The van der Waals surface area contributed by atoms with E-state index in [1.807, 2.05) is 0 Å².